The minimum Gasteiger partial charge on any atom is -0.292 e. The van der Waals surface area contributed by atoms with Crippen LogP contribution in [0.3, 0.4) is 0 Å². The molecule has 0 saturated heterocycles. The Bertz CT molecular complexity index is 862. The third-order valence-electron chi connectivity index (χ3n) is 3.26. The second-order valence-electron chi connectivity index (χ2n) is 4.69. The highest BCUT2D eigenvalue weighted by Crippen LogP contribution is 2.29. The van der Waals surface area contributed by atoms with Crippen LogP contribution in [0.4, 0.5) is 4.39 Å². The molecular formula is C16H11ClFN3. The van der Waals surface area contributed by atoms with Crippen molar-refractivity contribution in [3.63, 3.8) is 0 Å². The molecule has 0 aliphatic heterocycles. The van der Waals surface area contributed by atoms with Gasteiger partial charge in [0.15, 0.2) is 0 Å². The maximum Gasteiger partial charge on any atom is 0.147 e. The smallest absolute Gasteiger partial charge is 0.147 e. The lowest BCUT2D eigenvalue weighted by Crippen LogP contribution is -2.04. The number of fused-ring (bicyclic) bond motifs is 1. The van der Waals surface area contributed by atoms with E-state index in [1.54, 1.807) is 47.9 Å². The molecule has 0 amide bonds. The Morgan fingerprint density at radius 1 is 1.29 bits per heavy atom. The number of nitrogens with zero attached hydrogens (tertiary/aromatic N) is 3. The lowest BCUT2D eigenvalue weighted by atomic mass is 10.2. The number of imidazole rings is 1. The van der Waals surface area contributed by atoms with Crippen LogP contribution in [0.2, 0.25) is 0 Å². The molecule has 1 unspecified atom stereocenters. The number of alkyl halides is 1. The molecule has 21 heavy (non-hydrogen) atoms. The van der Waals surface area contributed by atoms with E-state index in [-0.39, 0.29) is 11.2 Å². The summed E-state index contributed by atoms with van der Waals surface area (Å²) in [4.78, 5) is 4.46. The number of rotatable bonds is 2. The van der Waals surface area contributed by atoms with E-state index in [1.807, 2.05) is 0 Å². The summed E-state index contributed by atoms with van der Waals surface area (Å²) in [5.74, 6) is 0.185. The van der Waals surface area contributed by atoms with Crippen LogP contribution in [-0.2, 0) is 0 Å². The summed E-state index contributed by atoms with van der Waals surface area (Å²) in [6.45, 7) is 1.78. The first-order valence-electron chi connectivity index (χ1n) is 6.43. The van der Waals surface area contributed by atoms with E-state index >= 15 is 0 Å². The second-order valence-corrected chi connectivity index (χ2v) is 5.34. The summed E-state index contributed by atoms with van der Waals surface area (Å²) in [6.07, 6.45) is 0. The summed E-state index contributed by atoms with van der Waals surface area (Å²) < 4.78 is 15.8. The number of hydrogen-bond donors (Lipinski definition) is 0. The molecule has 0 bridgehead atoms. The first-order chi connectivity index (χ1) is 10.1. The normalized spacial score (nSPS) is 12.3. The van der Waals surface area contributed by atoms with Crippen LogP contribution in [0.5, 0.6) is 0 Å². The van der Waals surface area contributed by atoms with E-state index in [2.05, 4.69) is 11.1 Å². The van der Waals surface area contributed by atoms with Gasteiger partial charge in [-0.2, -0.15) is 5.26 Å². The van der Waals surface area contributed by atoms with Gasteiger partial charge < -0.3 is 0 Å². The summed E-state index contributed by atoms with van der Waals surface area (Å²) in [7, 11) is 0. The van der Waals surface area contributed by atoms with Crippen molar-refractivity contribution in [3.05, 3.63) is 59.7 Å². The Balaban J connectivity index is 2.40. The Kier molecular flexibility index (Phi) is 3.36. The van der Waals surface area contributed by atoms with E-state index in [4.69, 9.17) is 16.9 Å². The van der Waals surface area contributed by atoms with Crippen molar-refractivity contribution in [1.29, 1.82) is 5.26 Å². The molecular weight excluding hydrogens is 289 g/mol. The van der Waals surface area contributed by atoms with E-state index < -0.39 is 0 Å². The monoisotopic (exact) mass is 299 g/mol. The van der Waals surface area contributed by atoms with Crippen molar-refractivity contribution in [2.75, 3.05) is 0 Å². The average Bonchev–Trinajstić information content (AvgIpc) is 2.86. The molecule has 1 atom stereocenters. The number of para-hydroxylation sites is 1. The highest BCUT2D eigenvalue weighted by Gasteiger charge is 2.18. The highest BCUT2D eigenvalue weighted by molar-refractivity contribution is 6.20. The van der Waals surface area contributed by atoms with Crippen molar-refractivity contribution in [2.24, 2.45) is 0 Å². The second kappa shape index (κ2) is 5.19. The highest BCUT2D eigenvalue weighted by atomic mass is 35.5. The van der Waals surface area contributed by atoms with Crippen molar-refractivity contribution < 1.29 is 4.39 Å². The molecule has 3 rings (SSSR count). The number of benzene rings is 2. The molecule has 1 aromatic heterocycles. The topological polar surface area (TPSA) is 41.6 Å². The fraction of sp³-hybridized carbons (Fsp3) is 0.125. The Morgan fingerprint density at radius 2 is 2.05 bits per heavy atom. The van der Waals surface area contributed by atoms with Gasteiger partial charge in [0.2, 0.25) is 0 Å². The van der Waals surface area contributed by atoms with Gasteiger partial charge in [0, 0.05) is 0 Å². The zero-order chi connectivity index (χ0) is 15.0. The van der Waals surface area contributed by atoms with Gasteiger partial charge in [0.25, 0.3) is 0 Å². The maximum absolute atomic E-state index is 14.1. The molecule has 1 heterocycles. The van der Waals surface area contributed by atoms with Gasteiger partial charge in [-0.25, -0.2) is 9.37 Å². The fourth-order valence-electron chi connectivity index (χ4n) is 2.32. The summed E-state index contributed by atoms with van der Waals surface area (Å²) in [5.41, 5.74) is 2.22. The fourth-order valence-corrected chi connectivity index (χ4v) is 2.46. The third kappa shape index (κ3) is 2.26. The Morgan fingerprint density at radius 3 is 2.71 bits per heavy atom. The van der Waals surface area contributed by atoms with Gasteiger partial charge in [-0.05, 0) is 37.3 Å². The maximum atomic E-state index is 14.1. The quantitative estimate of drug-likeness (QED) is 0.661. The van der Waals surface area contributed by atoms with Crippen LogP contribution in [0.25, 0.3) is 16.7 Å². The van der Waals surface area contributed by atoms with Gasteiger partial charge in [-0.3, -0.25) is 4.57 Å². The van der Waals surface area contributed by atoms with Crippen LogP contribution < -0.4 is 0 Å². The van der Waals surface area contributed by atoms with Gasteiger partial charge in [0.1, 0.15) is 11.6 Å². The van der Waals surface area contributed by atoms with Gasteiger partial charge in [0.05, 0.1) is 33.7 Å². The first-order valence-corrected chi connectivity index (χ1v) is 6.87. The number of aromatic nitrogens is 2. The van der Waals surface area contributed by atoms with E-state index in [0.29, 0.717) is 28.1 Å². The van der Waals surface area contributed by atoms with Crippen LogP contribution >= 0.6 is 11.6 Å². The van der Waals surface area contributed by atoms with Gasteiger partial charge in [-0.15, -0.1) is 11.6 Å². The largest absolute Gasteiger partial charge is 0.292 e. The predicted octanol–water partition coefficient (Wildman–Crippen LogP) is 4.34. The molecule has 0 fully saturated rings. The summed E-state index contributed by atoms with van der Waals surface area (Å²) in [5, 5.41) is 8.66. The standard InChI is InChI=1S/C16H11ClFN3/c1-10(17)16-20-13-7-6-11(9-19)8-15(13)21(16)14-5-3-2-4-12(14)18/h2-8,10H,1H3. The molecule has 0 spiro atoms. The van der Waals surface area contributed by atoms with Crippen LogP contribution in [0.1, 0.15) is 23.7 Å². The number of nitriles is 1. The number of hydrogen-bond acceptors (Lipinski definition) is 2. The Labute approximate surface area is 126 Å². The summed E-state index contributed by atoms with van der Waals surface area (Å²) in [6, 6.07) is 13.6. The molecule has 0 aliphatic carbocycles. The lowest BCUT2D eigenvalue weighted by Gasteiger charge is -2.11. The van der Waals surface area contributed by atoms with Crippen LogP contribution in [-0.4, -0.2) is 9.55 Å². The zero-order valence-corrected chi connectivity index (χ0v) is 12.0. The van der Waals surface area contributed by atoms with E-state index in [9.17, 15) is 4.39 Å². The van der Waals surface area contributed by atoms with E-state index in [1.165, 1.54) is 6.07 Å². The number of halogens is 2. The molecule has 0 radical (unpaired) electrons. The lowest BCUT2D eigenvalue weighted by molar-refractivity contribution is 0.616. The van der Waals surface area contributed by atoms with Gasteiger partial charge in [-0.1, -0.05) is 12.1 Å². The zero-order valence-electron chi connectivity index (χ0n) is 11.2. The Hall–Kier alpha value is -2.38. The molecule has 0 saturated carbocycles. The molecule has 0 aliphatic rings. The first kappa shape index (κ1) is 13.6. The third-order valence-corrected chi connectivity index (χ3v) is 3.45. The molecule has 5 heteroatoms. The molecule has 0 N–H and O–H groups in total. The van der Waals surface area contributed by atoms with Crippen molar-refractivity contribution in [3.8, 4) is 11.8 Å². The van der Waals surface area contributed by atoms with Crippen molar-refractivity contribution in [1.82, 2.24) is 9.55 Å². The minimum absolute atomic E-state index is 0.363. The molecule has 104 valence electrons. The van der Waals surface area contributed by atoms with Crippen molar-refractivity contribution >= 4 is 22.6 Å². The molecule has 2 aromatic carbocycles. The predicted molar refractivity (Wildman–Crippen MR) is 80.0 cm³/mol. The minimum atomic E-state index is -0.387. The van der Waals surface area contributed by atoms with Crippen molar-refractivity contribution in [2.45, 2.75) is 12.3 Å². The molecule has 3 nitrogen and oxygen atoms in total. The SMILES string of the molecule is CC(Cl)c1nc2ccc(C#N)cc2n1-c1ccccc1F. The van der Waals surface area contributed by atoms with Gasteiger partial charge >= 0.3 is 0 Å². The van der Waals surface area contributed by atoms with Crippen LogP contribution in [0.15, 0.2) is 42.5 Å². The van der Waals surface area contributed by atoms with E-state index in [0.717, 1.165) is 0 Å². The molecule has 3 aromatic rings. The van der Waals surface area contributed by atoms with Crippen LogP contribution in [0, 0.1) is 17.1 Å². The summed E-state index contributed by atoms with van der Waals surface area (Å²) >= 11 is 6.18. The average molecular weight is 300 g/mol.